The Morgan fingerprint density at radius 3 is 3.05 bits per heavy atom. The Kier molecular flexibility index (Phi) is 3.94. The number of hydrogen-bond acceptors (Lipinski definition) is 2. The van der Waals surface area contributed by atoms with Crippen LogP contribution >= 0.6 is 15.9 Å². The summed E-state index contributed by atoms with van der Waals surface area (Å²) in [6.07, 6.45) is 7.00. The number of benzene rings is 1. The van der Waals surface area contributed by atoms with Gasteiger partial charge in [0.15, 0.2) is 5.70 Å². The van der Waals surface area contributed by atoms with Gasteiger partial charge in [0.05, 0.1) is 13.7 Å². The normalized spacial score (nSPS) is 11.4. The highest BCUT2D eigenvalue weighted by molar-refractivity contribution is 9.10. The van der Waals surface area contributed by atoms with Crippen molar-refractivity contribution in [3.05, 3.63) is 69.9 Å². The van der Waals surface area contributed by atoms with Crippen LogP contribution in [-0.4, -0.2) is 17.1 Å². The molecule has 108 valence electrons. The van der Waals surface area contributed by atoms with E-state index in [1.54, 1.807) is 31.6 Å². The monoisotopic (exact) mass is 353 g/mol. The van der Waals surface area contributed by atoms with Crippen LogP contribution in [0.25, 0.3) is 27.5 Å². The highest BCUT2D eigenvalue weighted by Crippen LogP contribution is 2.31. The summed E-state index contributed by atoms with van der Waals surface area (Å²) in [6.45, 7) is 7.51. The van der Waals surface area contributed by atoms with Crippen molar-refractivity contribution >= 4 is 38.6 Å². The second kappa shape index (κ2) is 6.04. The molecule has 0 amide bonds. The van der Waals surface area contributed by atoms with E-state index in [0.29, 0.717) is 11.4 Å². The zero-order chi connectivity index (χ0) is 15.5. The molecule has 0 atom stereocenters. The maximum absolute atomic E-state index is 7.51. The number of aromatic amines is 1. The Labute approximate surface area is 136 Å². The van der Waals surface area contributed by atoms with E-state index >= 15 is 0 Å². The van der Waals surface area contributed by atoms with Gasteiger partial charge in [-0.2, -0.15) is 0 Å². The van der Waals surface area contributed by atoms with Gasteiger partial charge < -0.3 is 9.72 Å². The van der Waals surface area contributed by atoms with Crippen LogP contribution in [0.1, 0.15) is 11.1 Å². The van der Waals surface area contributed by atoms with Crippen LogP contribution in [0.15, 0.2) is 47.3 Å². The molecule has 1 N–H and O–H groups in total. The quantitative estimate of drug-likeness (QED) is 0.690. The summed E-state index contributed by atoms with van der Waals surface area (Å²) in [6, 6.07) is 7.73. The molecule has 4 nitrogen and oxygen atoms in total. The fourth-order valence-electron chi connectivity index (χ4n) is 2.31. The van der Waals surface area contributed by atoms with Crippen molar-refractivity contribution < 1.29 is 4.74 Å². The molecule has 5 heteroatoms. The zero-order valence-corrected chi connectivity index (χ0v) is 13.4. The number of fused-ring (bicyclic) bond motifs is 1. The molecule has 2 heterocycles. The maximum atomic E-state index is 7.51. The van der Waals surface area contributed by atoms with Gasteiger partial charge in [-0.25, -0.2) is 4.85 Å². The van der Waals surface area contributed by atoms with Crippen LogP contribution in [-0.2, 0) is 0 Å². The van der Waals surface area contributed by atoms with Crippen LogP contribution in [0.5, 0.6) is 5.75 Å². The second-order valence-corrected chi connectivity index (χ2v) is 5.57. The Morgan fingerprint density at radius 1 is 1.41 bits per heavy atom. The van der Waals surface area contributed by atoms with E-state index in [1.807, 2.05) is 24.4 Å². The number of H-pyrrole nitrogens is 1. The Hall–Kier alpha value is -2.58. The summed E-state index contributed by atoms with van der Waals surface area (Å²) < 4.78 is 6.29. The van der Waals surface area contributed by atoms with Gasteiger partial charge in [0, 0.05) is 33.5 Å². The number of rotatable bonds is 3. The molecule has 1 aromatic carbocycles. The number of nitrogens with zero attached hydrogens (tertiary/aromatic N) is 2. The predicted molar refractivity (Wildman–Crippen MR) is 91.3 cm³/mol. The number of ether oxygens (including phenoxy) is 1. The number of aromatic nitrogens is 2. The molecule has 0 aliphatic carbocycles. The van der Waals surface area contributed by atoms with Crippen molar-refractivity contribution in [1.82, 2.24) is 9.97 Å². The molecule has 0 aliphatic heterocycles. The molecule has 3 aromatic rings. The molecule has 0 saturated carbocycles. The molecule has 0 spiro atoms. The van der Waals surface area contributed by atoms with Crippen LogP contribution in [0.4, 0.5) is 0 Å². The Morgan fingerprint density at radius 2 is 2.27 bits per heavy atom. The first-order valence-electron chi connectivity index (χ1n) is 6.57. The van der Waals surface area contributed by atoms with Crippen LogP contribution < -0.4 is 4.74 Å². The molecular weight excluding hydrogens is 342 g/mol. The van der Waals surface area contributed by atoms with Crippen molar-refractivity contribution in [2.75, 3.05) is 7.11 Å². The minimum absolute atomic E-state index is 0.538. The van der Waals surface area contributed by atoms with Crippen LogP contribution in [0.3, 0.4) is 0 Å². The lowest BCUT2D eigenvalue weighted by Crippen LogP contribution is -1.88. The molecule has 2 aromatic heterocycles. The number of hydrogen-bond donors (Lipinski definition) is 1. The molecule has 0 saturated heterocycles. The number of methoxy groups -OCH3 is 1. The molecule has 3 rings (SSSR count). The predicted octanol–water partition coefficient (Wildman–Crippen LogP) is 4.75. The molecule has 0 bridgehead atoms. The standard InChI is InChI=1S/C17H12BrN3O/c1-19-16(7-11-9-20-6-5-17(11)22-2)14-10-21-15-4-3-12(18)8-13(14)15/h3-10,21H,2H3/b16-7+. The summed E-state index contributed by atoms with van der Waals surface area (Å²) in [5.41, 5.74) is 3.17. The highest BCUT2D eigenvalue weighted by Gasteiger charge is 2.11. The molecule has 22 heavy (non-hydrogen) atoms. The summed E-state index contributed by atoms with van der Waals surface area (Å²) in [5, 5.41) is 1.000. The fraction of sp³-hybridized carbons (Fsp3) is 0.0588. The molecule has 0 fully saturated rings. The maximum Gasteiger partial charge on any atom is 0.197 e. The first kappa shape index (κ1) is 14.4. The van der Waals surface area contributed by atoms with Gasteiger partial charge in [0.25, 0.3) is 0 Å². The third-order valence-corrected chi connectivity index (χ3v) is 3.86. The molecule has 0 aliphatic rings. The SMILES string of the molecule is [C-]#[N+]/C(=C/c1cnccc1OC)c1c[nH]c2ccc(Br)cc12. The zero-order valence-electron chi connectivity index (χ0n) is 11.8. The van der Waals surface area contributed by atoms with E-state index in [1.165, 1.54) is 0 Å². The van der Waals surface area contributed by atoms with E-state index in [4.69, 9.17) is 11.3 Å². The summed E-state index contributed by atoms with van der Waals surface area (Å²) in [5.74, 6) is 0.692. The first-order chi connectivity index (χ1) is 10.7. The third kappa shape index (κ3) is 2.61. The van der Waals surface area contributed by atoms with Crippen molar-refractivity contribution in [3.63, 3.8) is 0 Å². The number of pyridine rings is 1. The smallest absolute Gasteiger partial charge is 0.197 e. The lowest BCUT2D eigenvalue weighted by atomic mass is 10.1. The first-order valence-corrected chi connectivity index (χ1v) is 7.36. The Balaban J connectivity index is 2.16. The summed E-state index contributed by atoms with van der Waals surface area (Å²) in [4.78, 5) is 11.0. The van der Waals surface area contributed by atoms with E-state index in [2.05, 4.69) is 30.7 Å². The van der Waals surface area contributed by atoms with Crippen molar-refractivity contribution in [1.29, 1.82) is 0 Å². The average molecular weight is 354 g/mol. The molecular formula is C17H12BrN3O. The van der Waals surface area contributed by atoms with Gasteiger partial charge in [-0.1, -0.05) is 15.9 Å². The van der Waals surface area contributed by atoms with Gasteiger partial charge in [-0.15, -0.1) is 0 Å². The van der Waals surface area contributed by atoms with Gasteiger partial charge in [0.1, 0.15) is 5.75 Å². The van der Waals surface area contributed by atoms with Gasteiger partial charge >= 0.3 is 0 Å². The largest absolute Gasteiger partial charge is 0.496 e. The van der Waals surface area contributed by atoms with Crippen molar-refractivity contribution in [2.45, 2.75) is 0 Å². The fourth-order valence-corrected chi connectivity index (χ4v) is 2.67. The van der Waals surface area contributed by atoms with Gasteiger partial charge in [-0.3, -0.25) is 4.98 Å². The molecule has 0 radical (unpaired) electrons. The summed E-state index contributed by atoms with van der Waals surface area (Å²) in [7, 11) is 1.60. The van der Waals surface area contributed by atoms with Crippen LogP contribution in [0, 0.1) is 6.57 Å². The number of nitrogens with one attached hydrogen (secondary N) is 1. The Bertz CT molecular complexity index is 906. The van der Waals surface area contributed by atoms with Crippen molar-refractivity contribution in [3.8, 4) is 5.75 Å². The lowest BCUT2D eigenvalue weighted by Gasteiger charge is -2.04. The minimum Gasteiger partial charge on any atom is -0.496 e. The van der Waals surface area contributed by atoms with E-state index in [-0.39, 0.29) is 0 Å². The topological polar surface area (TPSA) is 42.3 Å². The molecule has 0 unspecified atom stereocenters. The third-order valence-electron chi connectivity index (χ3n) is 3.36. The average Bonchev–Trinajstić information content (AvgIpc) is 2.95. The van der Waals surface area contributed by atoms with Crippen LogP contribution in [0.2, 0.25) is 0 Å². The lowest BCUT2D eigenvalue weighted by molar-refractivity contribution is 0.413. The van der Waals surface area contributed by atoms with E-state index in [0.717, 1.165) is 26.5 Å². The van der Waals surface area contributed by atoms with Gasteiger partial charge in [-0.05, 0) is 41.9 Å². The van der Waals surface area contributed by atoms with E-state index in [9.17, 15) is 0 Å². The number of halogens is 1. The van der Waals surface area contributed by atoms with E-state index < -0.39 is 0 Å². The highest BCUT2D eigenvalue weighted by atomic mass is 79.9. The van der Waals surface area contributed by atoms with Gasteiger partial charge in [0.2, 0.25) is 0 Å². The second-order valence-electron chi connectivity index (χ2n) is 4.65. The minimum atomic E-state index is 0.538. The summed E-state index contributed by atoms with van der Waals surface area (Å²) >= 11 is 3.47. The van der Waals surface area contributed by atoms with Crippen molar-refractivity contribution in [2.24, 2.45) is 0 Å².